The fraction of sp³-hybridized carbons (Fsp3) is 0.500. The second-order valence-corrected chi connectivity index (χ2v) is 6.28. The van der Waals surface area contributed by atoms with Crippen LogP contribution in [0.1, 0.15) is 42.4 Å². The van der Waals surface area contributed by atoms with Gasteiger partial charge in [0, 0.05) is 11.3 Å². The van der Waals surface area contributed by atoms with E-state index < -0.39 is 17.8 Å². The highest BCUT2D eigenvalue weighted by atomic mass is 32.1. The van der Waals surface area contributed by atoms with Crippen molar-refractivity contribution in [2.45, 2.75) is 31.7 Å². The van der Waals surface area contributed by atoms with Gasteiger partial charge in [-0.3, -0.25) is 9.59 Å². The van der Waals surface area contributed by atoms with Gasteiger partial charge < -0.3 is 10.4 Å². The van der Waals surface area contributed by atoms with Crippen LogP contribution in [0.2, 0.25) is 0 Å². The number of aromatic nitrogens is 1. The van der Waals surface area contributed by atoms with Crippen LogP contribution in [0.25, 0.3) is 0 Å². The van der Waals surface area contributed by atoms with Gasteiger partial charge in [0.1, 0.15) is 0 Å². The molecule has 0 saturated heterocycles. The summed E-state index contributed by atoms with van der Waals surface area (Å²) in [6, 6.07) is -0.185. The summed E-state index contributed by atoms with van der Waals surface area (Å²) >= 11 is 1.64. The summed E-state index contributed by atoms with van der Waals surface area (Å²) in [6.45, 7) is 1.88. The molecule has 1 heterocycles. The number of carbonyl (C=O) groups is 2. The van der Waals surface area contributed by atoms with Crippen molar-refractivity contribution in [2.75, 3.05) is 0 Å². The van der Waals surface area contributed by atoms with Crippen LogP contribution in [0.15, 0.2) is 17.5 Å². The number of amides is 1. The molecule has 5 nitrogen and oxygen atoms in total. The van der Waals surface area contributed by atoms with Gasteiger partial charge in [0.25, 0.3) is 0 Å². The standard InChI is InChI=1S/C14H16N2O3S/c1-7(11-6-20-13(16-11)8-2-3-8)15-12(17)9-4-5-10(9)14(18)19/h4-10H,2-3H2,1H3,(H,15,17)(H,18,19)/t7?,9-,10+/m1/s1. The highest BCUT2D eigenvalue weighted by Crippen LogP contribution is 2.41. The largest absolute Gasteiger partial charge is 0.481 e. The Bertz CT molecular complexity index is 577. The smallest absolute Gasteiger partial charge is 0.311 e. The number of hydrogen-bond donors (Lipinski definition) is 2. The van der Waals surface area contributed by atoms with Gasteiger partial charge in [-0.2, -0.15) is 0 Å². The lowest BCUT2D eigenvalue weighted by molar-refractivity contribution is -0.145. The van der Waals surface area contributed by atoms with Crippen molar-refractivity contribution in [1.82, 2.24) is 10.3 Å². The molecule has 106 valence electrons. The maximum atomic E-state index is 12.0. The number of carboxylic acid groups (broad SMARTS) is 1. The van der Waals surface area contributed by atoms with Gasteiger partial charge in [-0.25, -0.2) is 4.98 Å². The zero-order chi connectivity index (χ0) is 14.3. The van der Waals surface area contributed by atoms with Crippen molar-refractivity contribution in [1.29, 1.82) is 0 Å². The lowest BCUT2D eigenvalue weighted by atomic mass is 9.81. The number of hydrogen-bond acceptors (Lipinski definition) is 4. The van der Waals surface area contributed by atoms with Crippen LogP contribution in [-0.2, 0) is 9.59 Å². The van der Waals surface area contributed by atoms with E-state index in [1.165, 1.54) is 12.8 Å². The Hall–Kier alpha value is -1.69. The van der Waals surface area contributed by atoms with E-state index in [4.69, 9.17) is 5.11 Å². The molecular weight excluding hydrogens is 276 g/mol. The van der Waals surface area contributed by atoms with Gasteiger partial charge >= 0.3 is 5.97 Å². The van der Waals surface area contributed by atoms with Gasteiger partial charge in [-0.1, -0.05) is 12.2 Å². The van der Waals surface area contributed by atoms with Crippen molar-refractivity contribution in [3.05, 3.63) is 28.2 Å². The number of nitrogens with one attached hydrogen (secondary N) is 1. The fourth-order valence-corrected chi connectivity index (χ4v) is 3.31. The minimum atomic E-state index is -0.954. The predicted octanol–water partition coefficient (Wildman–Crippen LogP) is 2.08. The molecule has 0 aromatic carbocycles. The van der Waals surface area contributed by atoms with Gasteiger partial charge in [0.2, 0.25) is 5.91 Å². The Morgan fingerprint density at radius 2 is 2.10 bits per heavy atom. The summed E-state index contributed by atoms with van der Waals surface area (Å²) in [6.07, 6.45) is 5.60. The molecule has 2 aliphatic rings. The number of rotatable bonds is 5. The molecule has 0 spiro atoms. The summed E-state index contributed by atoms with van der Waals surface area (Å²) in [5.74, 6) is -1.84. The zero-order valence-corrected chi connectivity index (χ0v) is 11.9. The Morgan fingerprint density at radius 3 is 2.65 bits per heavy atom. The van der Waals surface area contributed by atoms with Gasteiger partial charge in [-0.15, -0.1) is 11.3 Å². The van der Waals surface area contributed by atoms with E-state index in [0.29, 0.717) is 5.92 Å². The number of carbonyl (C=O) groups excluding carboxylic acids is 1. The summed E-state index contributed by atoms with van der Waals surface area (Å²) < 4.78 is 0. The molecule has 1 amide bonds. The summed E-state index contributed by atoms with van der Waals surface area (Å²) in [5.41, 5.74) is 0.862. The number of aliphatic carboxylic acids is 1. The third kappa shape index (κ3) is 2.47. The maximum absolute atomic E-state index is 12.0. The SMILES string of the molecule is CC(NC(=O)[C@@H]1C=C[C@@H]1C(=O)O)c1csc(C2CC2)n1. The van der Waals surface area contributed by atoms with Crippen molar-refractivity contribution >= 4 is 23.2 Å². The Morgan fingerprint density at radius 1 is 1.40 bits per heavy atom. The van der Waals surface area contributed by atoms with Crippen LogP contribution in [0.5, 0.6) is 0 Å². The molecule has 0 aliphatic heterocycles. The molecule has 2 N–H and O–H groups in total. The second-order valence-electron chi connectivity index (χ2n) is 5.39. The topological polar surface area (TPSA) is 79.3 Å². The third-order valence-corrected chi connectivity index (χ3v) is 4.79. The lowest BCUT2D eigenvalue weighted by Crippen LogP contribution is -2.41. The summed E-state index contributed by atoms with van der Waals surface area (Å²) in [4.78, 5) is 27.5. The van der Waals surface area contributed by atoms with Crippen LogP contribution in [0.4, 0.5) is 0 Å². The van der Waals surface area contributed by atoms with E-state index in [2.05, 4.69) is 10.3 Å². The normalized spacial score (nSPS) is 25.9. The molecule has 1 aromatic heterocycles. The van der Waals surface area contributed by atoms with Gasteiger partial charge in [0.05, 0.1) is 28.6 Å². The average molecular weight is 292 g/mol. The highest BCUT2D eigenvalue weighted by Gasteiger charge is 2.36. The molecule has 1 unspecified atom stereocenters. The van der Waals surface area contributed by atoms with E-state index in [1.807, 2.05) is 12.3 Å². The molecule has 2 aliphatic carbocycles. The monoisotopic (exact) mass is 292 g/mol. The number of thiazole rings is 1. The third-order valence-electron chi connectivity index (χ3n) is 3.77. The van der Waals surface area contributed by atoms with Crippen LogP contribution in [0, 0.1) is 11.8 Å². The molecular formula is C14H16N2O3S. The first-order valence-corrected chi connectivity index (χ1v) is 7.61. The van der Waals surface area contributed by atoms with Crippen molar-refractivity contribution < 1.29 is 14.7 Å². The fourth-order valence-electron chi connectivity index (χ4n) is 2.22. The first-order valence-electron chi connectivity index (χ1n) is 6.73. The quantitative estimate of drug-likeness (QED) is 0.814. The molecule has 0 radical (unpaired) electrons. The van der Waals surface area contributed by atoms with E-state index in [-0.39, 0.29) is 11.9 Å². The summed E-state index contributed by atoms with van der Waals surface area (Å²) in [5, 5.41) is 14.9. The maximum Gasteiger partial charge on any atom is 0.311 e. The van der Waals surface area contributed by atoms with E-state index in [0.717, 1.165) is 10.7 Å². The van der Waals surface area contributed by atoms with Crippen LogP contribution < -0.4 is 5.32 Å². The summed E-state index contributed by atoms with van der Waals surface area (Å²) in [7, 11) is 0. The van der Waals surface area contributed by atoms with E-state index in [9.17, 15) is 9.59 Å². The molecule has 6 heteroatoms. The molecule has 20 heavy (non-hydrogen) atoms. The molecule has 3 rings (SSSR count). The van der Waals surface area contributed by atoms with Crippen molar-refractivity contribution in [3.63, 3.8) is 0 Å². The van der Waals surface area contributed by atoms with Crippen molar-refractivity contribution in [3.8, 4) is 0 Å². The average Bonchev–Trinajstić information content (AvgIpc) is 3.04. The highest BCUT2D eigenvalue weighted by molar-refractivity contribution is 7.09. The number of nitrogens with zero attached hydrogens (tertiary/aromatic N) is 1. The Labute approximate surface area is 120 Å². The molecule has 0 bridgehead atoms. The Balaban J connectivity index is 1.60. The minimum absolute atomic E-state index is 0.185. The van der Waals surface area contributed by atoms with Gasteiger partial charge in [-0.05, 0) is 19.8 Å². The molecule has 1 aromatic rings. The molecule has 3 atom stereocenters. The molecule has 1 fully saturated rings. The first kappa shape index (κ1) is 13.3. The Kier molecular flexibility index (Phi) is 3.33. The van der Waals surface area contributed by atoms with Gasteiger partial charge in [0.15, 0.2) is 0 Å². The lowest BCUT2D eigenvalue weighted by Gasteiger charge is -2.26. The van der Waals surface area contributed by atoms with Crippen LogP contribution >= 0.6 is 11.3 Å². The van der Waals surface area contributed by atoms with Crippen molar-refractivity contribution in [2.24, 2.45) is 11.8 Å². The number of carboxylic acids is 1. The minimum Gasteiger partial charge on any atom is -0.481 e. The zero-order valence-electron chi connectivity index (χ0n) is 11.1. The molecule has 1 saturated carbocycles. The first-order chi connectivity index (χ1) is 9.56. The predicted molar refractivity (Wildman–Crippen MR) is 74.4 cm³/mol. The van der Waals surface area contributed by atoms with Crippen LogP contribution in [-0.4, -0.2) is 22.0 Å². The van der Waals surface area contributed by atoms with Crippen LogP contribution in [0.3, 0.4) is 0 Å². The second kappa shape index (κ2) is 5.01. The van der Waals surface area contributed by atoms with E-state index >= 15 is 0 Å². The van der Waals surface area contributed by atoms with E-state index in [1.54, 1.807) is 23.5 Å².